The van der Waals surface area contributed by atoms with Crippen LogP contribution in [0.1, 0.15) is 11.1 Å². The van der Waals surface area contributed by atoms with E-state index < -0.39 is 0 Å². The minimum Gasteiger partial charge on any atom is -0.497 e. The first-order valence-corrected chi connectivity index (χ1v) is 7.67. The van der Waals surface area contributed by atoms with Gasteiger partial charge in [0.2, 0.25) is 0 Å². The summed E-state index contributed by atoms with van der Waals surface area (Å²) in [5, 5.41) is 4.32. The molecule has 0 aliphatic carbocycles. The molecule has 0 atom stereocenters. The fourth-order valence-corrected chi connectivity index (χ4v) is 2.88. The molecule has 0 radical (unpaired) electrons. The van der Waals surface area contributed by atoms with Crippen LogP contribution in [0.3, 0.4) is 0 Å². The first-order valence-electron chi connectivity index (χ1n) is 7.67. The number of aromatic nitrogens is 4. The quantitative estimate of drug-likeness (QED) is 0.740. The lowest BCUT2D eigenvalue weighted by molar-refractivity contribution is 0.414. The molecule has 0 unspecified atom stereocenters. The maximum atomic E-state index is 5.22. The molecule has 120 valence electrons. The van der Waals surface area contributed by atoms with Crippen molar-refractivity contribution in [3.8, 4) is 17.1 Å². The maximum absolute atomic E-state index is 5.22. The van der Waals surface area contributed by atoms with Gasteiger partial charge in [0.05, 0.1) is 12.7 Å². The fraction of sp³-hybridized carbons (Fsp3) is 0.167. The van der Waals surface area contributed by atoms with Crippen molar-refractivity contribution in [2.75, 3.05) is 12.0 Å². The van der Waals surface area contributed by atoms with Gasteiger partial charge in [0.25, 0.3) is 0 Å². The summed E-state index contributed by atoms with van der Waals surface area (Å²) in [7, 11) is 1.67. The Morgan fingerprint density at radius 1 is 1.25 bits per heavy atom. The molecule has 0 spiro atoms. The second-order valence-corrected chi connectivity index (χ2v) is 5.61. The molecule has 0 saturated carbocycles. The zero-order chi connectivity index (χ0) is 16.5. The summed E-state index contributed by atoms with van der Waals surface area (Å²) in [5.41, 5.74) is 3.12. The third-order valence-electron chi connectivity index (χ3n) is 4.12. The van der Waals surface area contributed by atoms with Gasteiger partial charge in [-0.3, -0.25) is 0 Å². The lowest BCUT2D eigenvalue weighted by atomic mass is 10.1. The van der Waals surface area contributed by atoms with Crippen LogP contribution in [0.15, 0.2) is 49.4 Å². The molecule has 3 heterocycles. The highest BCUT2D eigenvalue weighted by Crippen LogP contribution is 2.34. The van der Waals surface area contributed by atoms with Crippen LogP contribution in [0.4, 0.5) is 5.82 Å². The molecule has 1 aliphatic heterocycles. The number of methoxy groups -OCH3 is 1. The summed E-state index contributed by atoms with van der Waals surface area (Å²) in [6.07, 6.45) is 5.20. The number of pyridine rings is 1. The number of hydrogen-bond acceptors (Lipinski definition) is 5. The summed E-state index contributed by atoms with van der Waals surface area (Å²) in [4.78, 5) is 11.2. The normalized spacial score (nSPS) is 12.5. The van der Waals surface area contributed by atoms with Gasteiger partial charge in [-0.05, 0) is 29.3 Å². The number of ether oxygens (including phenoxy) is 1. The molecular weight excluding hydrogens is 302 g/mol. The second-order valence-electron chi connectivity index (χ2n) is 5.61. The van der Waals surface area contributed by atoms with Gasteiger partial charge in [0.1, 0.15) is 24.6 Å². The Kier molecular flexibility index (Phi) is 3.49. The van der Waals surface area contributed by atoms with Gasteiger partial charge in [-0.2, -0.15) is 5.10 Å². The third-order valence-corrected chi connectivity index (χ3v) is 4.12. The first kappa shape index (κ1) is 14.4. The SMILES string of the molecule is C=Cc1cnc2c(c1)-c1ncnn1CN2Cc1ccc(OC)cc1. The molecule has 6 heteroatoms. The van der Waals surface area contributed by atoms with Crippen LogP contribution in [0, 0.1) is 0 Å². The van der Waals surface area contributed by atoms with Gasteiger partial charge >= 0.3 is 0 Å². The van der Waals surface area contributed by atoms with Crippen molar-refractivity contribution in [3.63, 3.8) is 0 Å². The molecule has 0 fully saturated rings. The zero-order valence-electron chi connectivity index (χ0n) is 13.4. The van der Waals surface area contributed by atoms with Gasteiger partial charge < -0.3 is 9.64 Å². The molecule has 1 aliphatic rings. The van der Waals surface area contributed by atoms with Crippen LogP contribution in [-0.2, 0) is 13.2 Å². The Bertz CT molecular complexity index is 885. The zero-order valence-corrected chi connectivity index (χ0v) is 13.4. The fourth-order valence-electron chi connectivity index (χ4n) is 2.88. The van der Waals surface area contributed by atoms with E-state index in [0.717, 1.165) is 35.1 Å². The molecule has 1 aromatic carbocycles. The van der Waals surface area contributed by atoms with Crippen molar-refractivity contribution in [3.05, 3.63) is 60.6 Å². The van der Waals surface area contributed by atoms with Crippen LogP contribution < -0.4 is 9.64 Å². The Morgan fingerprint density at radius 2 is 2.08 bits per heavy atom. The van der Waals surface area contributed by atoms with Crippen molar-refractivity contribution in [1.29, 1.82) is 0 Å². The molecule has 0 N–H and O–H groups in total. The first-order chi connectivity index (χ1) is 11.8. The van der Waals surface area contributed by atoms with E-state index in [4.69, 9.17) is 4.74 Å². The Balaban J connectivity index is 1.71. The monoisotopic (exact) mass is 319 g/mol. The van der Waals surface area contributed by atoms with E-state index in [-0.39, 0.29) is 0 Å². The smallest absolute Gasteiger partial charge is 0.163 e. The maximum Gasteiger partial charge on any atom is 0.163 e. The van der Waals surface area contributed by atoms with Crippen LogP contribution in [0.25, 0.3) is 17.5 Å². The predicted octanol–water partition coefficient (Wildman–Crippen LogP) is 2.97. The third kappa shape index (κ3) is 2.42. The van der Waals surface area contributed by atoms with Crippen LogP contribution in [0.2, 0.25) is 0 Å². The Hall–Kier alpha value is -3.15. The number of benzene rings is 1. The topological polar surface area (TPSA) is 56.1 Å². The van der Waals surface area contributed by atoms with Crippen molar-refractivity contribution in [1.82, 2.24) is 19.7 Å². The number of nitrogens with zero attached hydrogens (tertiary/aromatic N) is 5. The molecule has 24 heavy (non-hydrogen) atoms. The Morgan fingerprint density at radius 3 is 2.83 bits per heavy atom. The highest BCUT2D eigenvalue weighted by Gasteiger charge is 2.25. The van der Waals surface area contributed by atoms with Gasteiger partial charge in [-0.25, -0.2) is 14.6 Å². The molecule has 4 rings (SSSR count). The molecule has 0 amide bonds. The molecule has 6 nitrogen and oxygen atoms in total. The van der Waals surface area contributed by atoms with Crippen LogP contribution in [-0.4, -0.2) is 26.9 Å². The van der Waals surface area contributed by atoms with E-state index in [0.29, 0.717) is 6.67 Å². The average molecular weight is 319 g/mol. The summed E-state index contributed by atoms with van der Waals surface area (Å²) in [5.74, 6) is 2.61. The number of fused-ring (bicyclic) bond motifs is 3. The standard InChI is InChI=1S/C18H17N5O/c1-3-13-8-16-17(19-9-13)22(12-23-18(16)20-11-21-23)10-14-4-6-15(24-2)7-5-14/h3-9,11H,1,10,12H2,2H3. The van der Waals surface area contributed by atoms with Gasteiger partial charge in [0.15, 0.2) is 5.82 Å². The number of anilines is 1. The van der Waals surface area contributed by atoms with E-state index >= 15 is 0 Å². The van der Waals surface area contributed by atoms with Crippen molar-refractivity contribution < 1.29 is 4.74 Å². The minimum absolute atomic E-state index is 0.620. The predicted molar refractivity (Wildman–Crippen MR) is 92.5 cm³/mol. The van der Waals surface area contributed by atoms with Crippen LogP contribution >= 0.6 is 0 Å². The van der Waals surface area contributed by atoms with E-state index in [1.54, 1.807) is 19.5 Å². The van der Waals surface area contributed by atoms with Gasteiger partial charge in [0, 0.05) is 12.7 Å². The van der Waals surface area contributed by atoms with E-state index in [1.165, 1.54) is 5.56 Å². The molecule has 0 saturated heterocycles. The second kappa shape index (κ2) is 5.81. The van der Waals surface area contributed by atoms with Gasteiger partial charge in [-0.15, -0.1) is 0 Å². The summed E-state index contributed by atoms with van der Waals surface area (Å²) in [6, 6.07) is 10.1. The van der Waals surface area contributed by atoms with Crippen molar-refractivity contribution >= 4 is 11.9 Å². The lowest BCUT2D eigenvalue weighted by Gasteiger charge is -2.30. The highest BCUT2D eigenvalue weighted by molar-refractivity contribution is 5.75. The van der Waals surface area contributed by atoms with E-state index in [9.17, 15) is 0 Å². The molecular formula is C18H17N5O. The number of rotatable bonds is 4. The van der Waals surface area contributed by atoms with E-state index in [2.05, 4.69) is 44.7 Å². The lowest BCUT2D eigenvalue weighted by Crippen LogP contribution is -2.31. The largest absolute Gasteiger partial charge is 0.497 e. The molecule has 3 aromatic rings. The summed E-state index contributed by atoms with van der Waals surface area (Å²) >= 11 is 0. The van der Waals surface area contributed by atoms with Crippen molar-refractivity contribution in [2.24, 2.45) is 0 Å². The van der Waals surface area contributed by atoms with Crippen molar-refractivity contribution in [2.45, 2.75) is 13.2 Å². The van der Waals surface area contributed by atoms with Gasteiger partial charge in [-0.1, -0.05) is 24.8 Å². The van der Waals surface area contributed by atoms with Crippen LogP contribution in [0.5, 0.6) is 5.75 Å². The minimum atomic E-state index is 0.620. The Labute approximate surface area is 140 Å². The van der Waals surface area contributed by atoms with E-state index in [1.807, 2.05) is 23.0 Å². The molecule has 0 bridgehead atoms. The summed E-state index contributed by atoms with van der Waals surface area (Å²) < 4.78 is 7.11. The average Bonchev–Trinajstić information content (AvgIpc) is 3.10. The number of hydrogen-bond donors (Lipinski definition) is 0. The summed E-state index contributed by atoms with van der Waals surface area (Å²) in [6.45, 7) is 5.17. The highest BCUT2D eigenvalue weighted by atomic mass is 16.5. The molecule has 2 aromatic heterocycles.